The molecule has 0 saturated heterocycles. The summed E-state index contributed by atoms with van der Waals surface area (Å²) < 4.78 is 32.2. The zero-order valence-corrected chi connectivity index (χ0v) is 11.5. The van der Waals surface area contributed by atoms with Gasteiger partial charge in [-0.2, -0.15) is 8.42 Å². The van der Waals surface area contributed by atoms with E-state index in [2.05, 4.69) is 0 Å². The Morgan fingerprint density at radius 2 is 1.83 bits per heavy atom. The second-order valence-corrected chi connectivity index (χ2v) is 5.71. The van der Waals surface area contributed by atoms with E-state index in [1.165, 1.54) is 0 Å². The highest BCUT2D eigenvalue weighted by atomic mass is 32.2. The van der Waals surface area contributed by atoms with Crippen LogP contribution in [0.5, 0.6) is 0 Å². The monoisotopic (exact) mass is 272 g/mol. The third kappa shape index (κ3) is 3.61. The van der Waals surface area contributed by atoms with Gasteiger partial charge in [0.1, 0.15) is 0 Å². The highest BCUT2D eigenvalue weighted by molar-refractivity contribution is 7.86. The summed E-state index contributed by atoms with van der Waals surface area (Å²) in [7, 11) is -4.10. The van der Waals surface area contributed by atoms with Gasteiger partial charge < -0.3 is 10.6 Å². The summed E-state index contributed by atoms with van der Waals surface area (Å²) in [6.07, 6.45) is 1.06. The van der Waals surface area contributed by atoms with Crippen LogP contribution < -0.4 is 10.6 Å². The molecule has 0 amide bonds. The molecule has 0 saturated carbocycles. The third-order valence-corrected chi connectivity index (χ3v) is 3.97. The van der Waals surface area contributed by atoms with E-state index in [0.717, 1.165) is 5.69 Å². The summed E-state index contributed by atoms with van der Waals surface area (Å²) in [6.45, 7) is 4.23. The molecule has 1 aromatic rings. The van der Waals surface area contributed by atoms with E-state index in [1.807, 2.05) is 13.8 Å². The van der Waals surface area contributed by atoms with Crippen molar-refractivity contribution in [2.24, 2.45) is 0 Å². The Kier molecular flexibility index (Phi) is 4.98. The van der Waals surface area contributed by atoms with Crippen LogP contribution in [0.25, 0.3) is 0 Å². The summed E-state index contributed by atoms with van der Waals surface area (Å²) in [5.74, 6) is 0. The van der Waals surface area contributed by atoms with Gasteiger partial charge in [-0.3, -0.25) is 4.55 Å². The molecule has 0 radical (unpaired) electrons. The molecule has 5 nitrogen and oxygen atoms in total. The fourth-order valence-corrected chi connectivity index (χ4v) is 3.06. The predicted molar refractivity (Wildman–Crippen MR) is 74.1 cm³/mol. The first-order valence-corrected chi connectivity index (χ1v) is 7.49. The average Bonchev–Trinajstić information content (AvgIpc) is 2.30. The first-order chi connectivity index (χ1) is 8.40. The van der Waals surface area contributed by atoms with E-state index in [0.29, 0.717) is 25.1 Å². The zero-order chi connectivity index (χ0) is 13.8. The van der Waals surface area contributed by atoms with Gasteiger partial charge in [0, 0.05) is 17.9 Å². The molecule has 0 aromatic heterocycles. The Hall–Kier alpha value is -1.27. The third-order valence-electron chi connectivity index (χ3n) is 2.79. The molecule has 1 atom stereocenters. The largest absolute Gasteiger partial charge is 0.399 e. The van der Waals surface area contributed by atoms with Crippen molar-refractivity contribution in [2.75, 3.05) is 17.2 Å². The van der Waals surface area contributed by atoms with Crippen LogP contribution in [-0.4, -0.2) is 24.9 Å². The van der Waals surface area contributed by atoms with Crippen LogP contribution in [0.1, 0.15) is 26.7 Å². The zero-order valence-electron chi connectivity index (χ0n) is 10.7. The maximum Gasteiger partial charge on any atom is 0.286 e. The lowest BCUT2D eigenvalue weighted by molar-refractivity contribution is 0.456. The molecule has 0 aliphatic rings. The summed E-state index contributed by atoms with van der Waals surface area (Å²) >= 11 is 0. The van der Waals surface area contributed by atoms with Crippen molar-refractivity contribution >= 4 is 21.5 Å². The quantitative estimate of drug-likeness (QED) is 0.612. The van der Waals surface area contributed by atoms with Crippen LogP contribution in [0.4, 0.5) is 11.4 Å². The molecule has 0 heterocycles. The van der Waals surface area contributed by atoms with Crippen molar-refractivity contribution in [3.63, 3.8) is 0 Å². The van der Waals surface area contributed by atoms with Crippen molar-refractivity contribution in [1.29, 1.82) is 0 Å². The van der Waals surface area contributed by atoms with Crippen molar-refractivity contribution in [3.05, 3.63) is 24.3 Å². The molecule has 18 heavy (non-hydrogen) atoms. The van der Waals surface area contributed by atoms with Crippen LogP contribution in [0, 0.1) is 0 Å². The maximum atomic E-state index is 11.5. The van der Waals surface area contributed by atoms with Gasteiger partial charge in [0.25, 0.3) is 10.1 Å². The highest BCUT2D eigenvalue weighted by Crippen LogP contribution is 2.23. The number of rotatable bonds is 6. The summed E-state index contributed by atoms with van der Waals surface area (Å²) in [5.41, 5.74) is 6.96. The molecule has 102 valence electrons. The first kappa shape index (κ1) is 14.8. The Labute approximate surface area is 108 Å². The number of hydrogen-bond acceptors (Lipinski definition) is 4. The van der Waals surface area contributed by atoms with E-state index >= 15 is 0 Å². The summed E-state index contributed by atoms with van der Waals surface area (Å²) in [6, 6.07) is 6.94. The van der Waals surface area contributed by atoms with E-state index < -0.39 is 15.5 Å². The predicted octanol–water partition coefficient (Wildman–Crippen LogP) is 2.11. The molecule has 0 fully saturated rings. The topological polar surface area (TPSA) is 83.6 Å². The second-order valence-electron chi connectivity index (χ2n) is 4.14. The minimum Gasteiger partial charge on any atom is -0.399 e. The van der Waals surface area contributed by atoms with Gasteiger partial charge in [-0.1, -0.05) is 13.3 Å². The molecular weight excluding hydrogens is 252 g/mol. The molecule has 1 aromatic carbocycles. The van der Waals surface area contributed by atoms with Crippen LogP contribution in [0.2, 0.25) is 0 Å². The number of nitrogen functional groups attached to an aromatic ring is 1. The lowest BCUT2D eigenvalue weighted by Crippen LogP contribution is -2.41. The van der Waals surface area contributed by atoms with E-state index in [-0.39, 0.29) is 0 Å². The van der Waals surface area contributed by atoms with Crippen molar-refractivity contribution in [3.8, 4) is 0 Å². The number of benzene rings is 1. The Morgan fingerprint density at radius 1 is 1.28 bits per heavy atom. The fourth-order valence-electron chi connectivity index (χ4n) is 1.93. The molecule has 1 rings (SSSR count). The Balaban J connectivity index is 3.09. The van der Waals surface area contributed by atoms with Gasteiger partial charge >= 0.3 is 0 Å². The normalized spacial score (nSPS) is 13.3. The Morgan fingerprint density at radius 3 is 2.22 bits per heavy atom. The highest BCUT2D eigenvalue weighted by Gasteiger charge is 2.28. The van der Waals surface area contributed by atoms with Gasteiger partial charge in [0.15, 0.2) is 5.37 Å². The van der Waals surface area contributed by atoms with E-state index in [9.17, 15) is 13.0 Å². The summed E-state index contributed by atoms with van der Waals surface area (Å²) in [5, 5.41) is -0.906. The van der Waals surface area contributed by atoms with Gasteiger partial charge in [-0.15, -0.1) is 0 Å². The standard InChI is InChI=1S/C12H20N2O3S/c1-3-5-12(18(15,16)17)14(4-2)11-8-6-10(13)7-9-11/h6-9,12H,3-5,13H2,1-2H3,(H,15,16,17). The van der Waals surface area contributed by atoms with Crippen LogP contribution in [0.15, 0.2) is 24.3 Å². The first-order valence-electron chi connectivity index (χ1n) is 5.98. The second kappa shape index (κ2) is 6.06. The summed E-state index contributed by atoms with van der Waals surface area (Å²) in [4.78, 5) is 1.66. The van der Waals surface area contributed by atoms with Crippen molar-refractivity contribution in [1.82, 2.24) is 0 Å². The SMILES string of the molecule is CCCC(N(CC)c1ccc(N)cc1)S(=O)(=O)O. The van der Waals surface area contributed by atoms with Crippen molar-refractivity contribution < 1.29 is 13.0 Å². The molecule has 6 heteroatoms. The van der Waals surface area contributed by atoms with Crippen LogP contribution in [-0.2, 0) is 10.1 Å². The van der Waals surface area contributed by atoms with Gasteiger partial charge in [0.05, 0.1) is 0 Å². The van der Waals surface area contributed by atoms with E-state index in [4.69, 9.17) is 5.73 Å². The molecule has 0 aliphatic carbocycles. The molecule has 1 unspecified atom stereocenters. The lowest BCUT2D eigenvalue weighted by Gasteiger charge is -2.30. The minimum absolute atomic E-state index is 0.386. The number of nitrogens with two attached hydrogens (primary N) is 1. The van der Waals surface area contributed by atoms with Crippen LogP contribution in [0.3, 0.4) is 0 Å². The molecular formula is C12H20N2O3S. The molecule has 0 bridgehead atoms. The van der Waals surface area contributed by atoms with Gasteiger partial charge in [0.2, 0.25) is 0 Å². The van der Waals surface area contributed by atoms with Crippen molar-refractivity contribution in [2.45, 2.75) is 32.1 Å². The molecule has 3 N–H and O–H groups in total. The van der Waals surface area contributed by atoms with Gasteiger partial charge in [-0.05, 0) is 37.6 Å². The van der Waals surface area contributed by atoms with E-state index in [1.54, 1.807) is 29.2 Å². The maximum absolute atomic E-state index is 11.5. The van der Waals surface area contributed by atoms with Gasteiger partial charge in [-0.25, -0.2) is 0 Å². The average molecular weight is 272 g/mol. The number of hydrogen-bond donors (Lipinski definition) is 2. The molecule has 0 aliphatic heterocycles. The number of nitrogens with zero attached hydrogens (tertiary/aromatic N) is 1. The molecule has 0 spiro atoms. The smallest absolute Gasteiger partial charge is 0.286 e. The fraction of sp³-hybridized carbons (Fsp3) is 0.500. The Bertz CT molecular complexity index is 471. The lowest BCUT2D eigenvalue weighted by atomic mass is 10.2. The van der Waals surface area contributed by atoms with Crippen LogP contribution >= 0.6 is 0 Å². The minimum atomic E-state index is -4.10. The number of anilines is 2.